The van der Waals surface area contributed by atoms with Gasteiger partial charge in [0.25, 0.3) is 0 Å². The molecule has 0 amide bonds. The third-order valence-corrected chi connectivity index (χ3v) is 2.41. The lowest BCUT2D eigenvalue weighted by atomic mass is 10.1. The Morgan fingerprint density at radius 1 is 1.57 bits per heavy atom. The van der Waals surface area contributed by atoms with E-state index < -0.39 is 6.10 Å². The second kappa shape index (κ2) is 3.26. The topological polar surface area (TPSA) is 46.3 Å². The highest BCUT2D eigenvalue weighted by molar-refractivity contribution is 6.33. The lowest BCUT2D eigenvalue weighted by Gasteiger charge is -2.04. The molecule has 0 bridgehead atoms. The van der Waals surface area contributed by atoms with Crippen molar-refractivity contribution < 1.29 is 9.52 Å². The predicted molar refractivity (Wildman–Crippen MR) is 54.4 cm³/mol. The van der Waals surface area contributed by atoms with Gasteiger partial charge in [0.1, 0.15) is 0 Å². The molecule has 2 rings (SSSR count). The monoisotopic (exact) mass is 211 g/mol. The Morgan fingerprint density at radius 3 is 2.93 bits per heavy atom. The molecule has 2 aromatic heterocycles. The fourth-order valence-corrected chi connectivity index (χ4v) is 1.59. The molecule has 0 radical (unpaired) electrons. The van der Waals surface area contributed by atoms with E-state index in [2.05, 4.69) is 4.98 Å². The highest BCUT2D eigenvalue weighted by Crippen LogP contribution is 2.28. The average molecular weight is 212 g/mol. The zero-order valence-corrected chi connectivity index (χ0v) is 8.67. The number of furan rings is 1. The van der Waals surface area contributed by atoms with Crippen molar-refractivity contribution in [2.45, 2.75) is 20.0 Å². The minimum atomic E-state index is -0.619. The van der Waals surface area contributed by atoms with Gasteiger partial charge < -0.3 is 9.52 Å². The molecule has 1 N–H and O–H groups in total. The second-order valence-corrected chi connectivity index (χ2v) is 3.67. The third-order valence-electron chi connectivity index (χ3n) is 2.16. The number of pyridine rings is 1. The van der Waals surface area contributed by atoms with Gasteiger partial charge in [-0.15, -0.1) is 0 Å². The number of fused-ring (bicyclic) bond motifs is 1. The number of rotatable bonds is 1. The minimum Gasteiger partial charge on any atom is -0.461 e. The van der Waals surface area contributed by atoms with Crippen molar-refractivity contribution in [3.05, 3.63) is 28.7 Å². The Balaban J connectivity index is 2.75. The van der Waals surface area contributed by atoms with Crippen molar-refractivity contribution in [1.82, 2.24) is 4.98 Å². The van der Waals surface area contributed by atoms with Crippen LogP contribution >= 0.6 is 11.6 Å². The smallest absolute Gasteiger partial charge is 0.172 e. The highest BCUT2D eigenvalue weighted by atomic mass is 35.5. The molecule has 2 aromatic rings. The Kier molecular flexibility index (Phi) is 2.21. The van der Waals surface area contributed by atoms with Crippen LogP contribution in [0.5, 0.6) is 0 Å². The van der Waals surface area contributed by atoms with Crippen LogP contribution in [0.3, 0.4) is 0 Å². The summed E-state index contributed by atoms with van der Waals surface area (Å²) in [6.07, 6.45) is 1.01. The summed E-state index contributed by atoms with van der Waals surface area (Å²) < 4.78 is 5.24. The average Bonchev–Trinajstić information content (AvgIpc) is 2.48. The molecule has 0 fully saturated rings. The molecule has 14 heavy (non-hydrogen) atoms. The van der Waals surface area contributed by atoms with Gasteiger partial charge in [-0.1, -0.05) is 11.6 Å². The maximum absolute atomic E-state index is 9.38. The van der Waals surface area contributed by atoms with Crippen molar-refractivity contribution in [2.75, 3.05) is 0 Å². The van der Waals surface area contributed by atoms with Gasteiger partial charge in [-0.25, -0.2) is 4.98 Å². The first-order valence-electron chi connectivity index (χ1n) is 4.32. The summed E-state index contributed by atoms with van der Waals surface area (Å²) in [7, 11) is 0. The maximum Gasteiger partial charge on any atom is 0.172 e. The summed E-state index contributed by atoms with van der Waals surface area (Å²) in [6.45, 7) is 3.58. The van der Waals surface area contributed by atoms with Crippen LogP contribution in [-0.2, 0) is 0 Å². The van der Waals surface area contributed by atoms with E-state index in [4.69, 9.17) is 16.0 Å². The Hall–Kier alpha value is -1.06. The van der Waals surface area contributed by atoms with Crippen LogP contribution in [0.25, 0.3) is 11.0 Å². The van der Waals surface area contributed by atoms with E-state index >= 15 is 0 Å². The highest BCUT2D eigenvalue weighted by Gasteiger charge is 2.12. The first-order chi connectivity index (χ1) is 6.59. The van der Waals surface area contributed by atoms with Crippen LogP contribution in [0.1, 0.15) is 24.3 Å². The van der Waals surface area contributed by atoms with E-state index in [1.807, 2.05) is 6.92 Å². The van der Waals surface area contributed by atoms with Crippen molar-refractivity contribution in [1.29, 1.82) is 0 Å². The fourth-order valence-electron chi connectivity index (χ4n) is 1.35. The molecule has 0 spiro atoms. The quantitative estimate of drug-likeness (QED) is 0.738. The molecule has 3 nitrogen and oxygen atoms in total. The number of aromatic nitrogens is 1. The number of halogens is 1. The van der Waals surface area contributed by atoms with Gasteiger partial charge in [-0.2, -0.15) is 0 Å². The van der Waals surface area contributed by atoms with Crippen LogP contribution in [0.4, 0.5) is 0 Å². The molecule has 0 aliphatic heterocycles. The fraction of sp³-hybridized carbons (Fsp3) is 0.300. The zero-order chi connectivity index (χ0) is 10.3. The summed E-state index contributed by atoms with van der Waals surface area (Å²) in [6, 6.07) is 1.80. The van der Waals surface area contributed by atoms with Crippen molar-refractivity contribution in [2.24, 2.45) is 0 Å². The maximum atomic E-state index is 9.38. The van der Waals surface area contributed by atoms with E-state index in [9.17, 15) is 5.11 Å². The largest absolute Gasteiger partial charge is 0.461 e. The summed E-state index contributed by atoms with van der Waals surface area (Å²) >= 11 is 5.90. The molecule has 0 saturated heterocycles. The minimum absolute atomic E-state index is 0.298. The summed E-state index contributed by atoms with van der Waals surface area (Å²) in [5.74, 6) is 0. The predicted octanol–water partition coefficient (Wildman–Crippen LogP) is 2.84. The normalized spacial score (nSPS) is 13.4. The van der Waals surface area contributed by atoms with Gasteiger partial charge in [-0.3, -0.25) is 0 Å². The van der Waals surface area contributed by atoms with E-state index in [-0.39, 0.29) is 0 Å². The Morgan fingerprint density at radius 2 is 2.29 bits per heavy atom. The van der Waals surface area contributed by atoms with Gasteiger partial charge in [0, 0.05) is 5.39 Å². The van der Waals surface area contributed by atoms with Gasteiger partial charge in [0.2, 0.25) is 0 Å². The SMILES string of the molecule is Cc1coc2c(Cl)nc([C@H](C)O)cc12. The molecule has 4 heteroatoms. The van der Waals surface area contributed by atoms with Gasteiger partial charge >= 0.3 is 0 Å². The van der Waals surface area contributed by atoms with E-state index in [1.54, 1.807) is 19.3 Å². The molecule has 74 valence electrons. The molecule has 0 aromatic carbocycles. The van der Waals surface area contributed by atoms with E-state index in [0.717, 1.165) is 10.9 Å². The van der Waals surface area contributed by atoms with Crippen LogP contribution < -0.4 is 0 Å². The van der Waals surface area contributed by atoms with Gasteiger partial charge in [-0.05, 0) is 25.5 Å². The second-order valence-electron chi connectivity index (χ2n) is 3.31. The molecular formula is C10H10ClNO2. The lowest BCUT2D eigenvalue weighted by Crippen LogP contribution is -1.95. The van der Waals surface area contributed by atoms with Crippen LogP contribution in [0, 0.1) is 6.92 Å². The number of aliphatic hydroxyl groups excluding tert-OH is 1. The summed E-state index contributed by atoms with van der Waals surface area (Å²) in [5.41, 5.74) is 2.13. The third kappa shape index (κ3) is 1.38. The zero-order valence-electron chi connectivity index (χ0n) is 7.91. The standard InChI is InChI=1S/C10H10ClNO2/c1-5-4-14-9-7(5)3-8(6(2)13)12-10(9)11/h3-4,6,13H,1-2H3/t6-/m0/s1. The number of aliphatic hydroxyl groups is 1. The molecule has 1 atom stereocenters. The van der Waals surface area contributed by atoms with E-state index in [1.165, 1.54) is 0 Å². The molecule has 0 aliphatic rings. The lowest BCUT2D eigenvalue weighted by molar-refractivity contribution is 0.194. The van der Waals surface area contributed by atoms with Gasteiger partial charge in [0.05, 0.1) is 18.1 Å². The molecule has 0 aliphatic carbocycles. The molecule has 0 saturated carbocycles. The van der Waals surface area contributed by atoms with Crippen LogP contribution in [0.2, 0.25) is 5.15 Å². The number of nitrogens with zero attached hydrogens (tertiary/aromatic N) is 1. The van der Waals surface area contributed by atoms with Crippen molar-refractivity contribution in [3.63, 3.8) is 0 Å². The first-order valence-corrected chi connectivity index (χ1v) is 4.69. The van der Waals surface area contributed by atoms with E-state index in [0.29, 0.717) is 16.4 Å². The summed E-state index contributed by atoms with van der Waals surface area (Å²) in [4.78, 5) is 4.04. The first kappa shape index (κ1) is 9.49. The van der Waals surface area contributed by atoms with Crippen molar-refractivity contribution >= 4 is 22.6 Å². The molecule has 2 heterocycles. The molecular weight excluding hydrogens is 202 g/mol. The van der Waals surface area contributed by atoms with Gasteiger partial charge in [0.15, 0.2) is 10.7 Å². The number of hydrogen-bond acceptors (Lipinski definition) is 3. The van der Waals surface area contributed by atoms with Crippen molar-refractivity contribution in [3.8, 4) is 0 Å². The number of aryl methyl sites for hydroxylation is 1. The summed E-state index contributed by atoms with van der Waals surface area (Å²) in [5, 5.41) is 10.6. The Bertz CT molecular complexity index is 476. The Labute approximate surface area is 86.3 Å². The van der Waals surface area contributed by atoms with Crippen LogP contribution in [-0.4, -0.2) is 10.1 Å². The number of hydrogen-bond donors (Lipinski definition) is 1. The van der Waals surface area contributed by atoms with Crippen LogP contribution in [0.15, 0.2) is 16.7 Å². The molecule has 0 unspecified atom stereocenters.